The highest BCUT2D eigenvalue weighted by Crippen LogP contribution is 2.28. The summed E-state index contributed by atoms with van der Waals surface area (Å²) in [6.45, 7) is 5.67. The van der Waals surface area contributed by atoms with Gasteiger partial charge in [0.15, 0.2) is 0 Å². The molecule has 0 radical (unpaired) electrons. The molecular weight excluding hydrogens is 254 g/mol. The van der Waals surface area contributed by atoms with Crippen LogP contribution in [0.2, 0.25) is 0 Å². The summed E-state index contributed by atoms with van der Waals surface area (Å²) in [5, 5.41) is 13.3. The molecule has 4 nitrogen and oxygen atoms in total. The van der Waals surface area contributed by atoms with Crippen LogP contribution in [0.3, 0.4) is 0 Å². The van der Waals surface area contributed by atoms with Gasteiger partial charge in [-0.2, -0.15) is 0 Å². The Morgan fingerprint density at radius 2 is 2.00 bits per heavy atom. The van der Waals surface area contributed by atoms with Gasteiger partial charge in [-0.25, -0.2) is 4.79 Å². The van der Waals surface area contributed by atoms with Crippen molar-refractivity contribution in [3.8, 4) is 0 Å². The fraction of sp³-hybridized carbons (Fsp3) is 0.562. The van der Waals surface area contributed by atoms with Crippen molar-refractivity contribution in [1.29, 1.82) is 0 Å². The number of hydrogen-bond acceptors (Lipinski definition) is 3. The summed E-state index contributed by atoms with van der Waals surface area (Å²) in [6, 6.07) is 8.12. The Balaban J connectivity index is 1.92. The molecule has 2 rings (SSSR count). The number of nitrogens with one attached hydrogen (secondary N) is 1. The molecule has 0 saturated heterocycles. The van der Waals surface area contributed by atoms with Crippen LogP contribution in [0.15, 0.2) is 24.3 Å². The zero-order chi connectivity index (χ0) is 14.8. The van der Waals surface area contributed by atoms with E-state index >= 15 is 0 Å². The number of hydrogen-bond donors (Lipinski definition) is 2. The van der Waals surface area contributed by atoms with E-state index in [1.54, 1.807) is 0 Å². The van der Waals surface area contributed by atoms with Crippen LogP contribution >= 0.6 is 0 Å². The first-order valence-electron chi connectivity index (χ1n) is 7.03. The summed E-state index contributed by atoms with van der Waals surface area (Å²) in [5.74, 6) is 0. The van der Waals surface area contributed by atoms with Crippen LogP contribution in [-0.4, -0.2) is 28.9 Å². The van der Waals surface area contributed by atoms with E-state index in [1.807, 2.05) is 39.0 Å². The molecule has 4 heteroatoms. The number of alkyl carbamates (subject to hydrolysis) is 1. The Kier molecular flexibility index (Phi) is 4.04. The van der Waals surface area contributed by atoms with Gasteiger partial charge in [0.05, 0.1) is 5.60 Å². The Morgan fingerprint density at radius 1 is 1.35 bits per heavy atom. The van der Waals surface area contributed by atoms with E-state index in [-0.39, 0.29) is 6.54 Å². The lowest BCUT2D eigenvalue weighted by Gasteiger charge is -2.33. The third-order valence-electron chi connectivity index (χ3n) is 3.46. The van der Waals surface area contributed by atoms with E-state index in [0.717, 1.165) is 12.0 Å². The number of aryl methyl sites for hydroxylation is 1. The maximum Gasteiger partial charge on any atom is 0.407 e. The lowest BCUT2D eigenvalue weighted by Crippen LogP contribution is -2.47. The fourth-order valence-corrected chi connectivity index (χ4v) is 2.49. The number of ether oxygens (including phenoxy) is 1. The number of amides is 1. The van der Waals surface area contributed by atoms with Gasteiger partial charge in [0.2, 0.25) is 0 Å². The standard InChI is InChI=1S/C16H23NO3/c1-15(2,3)20-14(18)17-11-16(19)9-8-12-6-4-5-7-13(12)10-16/h4-7,19H,8-11H2,1-3H3,(H,17,18). The van der Waals surface area contributed by atoms with Crippen molar-refractivity contribution in [3.05, 3.63) is 35.4 Å². The van der Waals surface area contributed by atoms with Gasteiger partial charge in [-0.15, -0.1) is 0 Å². The Hall–Kier alpha value is -1.55. The lowest BCUT2D eigenvalue weighted by atomic mass is 9.80. The lowest BCUT2D eigenvalue weighted by molar-refractivity contribution is 0.0152. The molecule has 0 heterocycles. The molecule has 1 aromatic carbocycles. The molecule has 1 aromatic rings. The van der Waals surface area contributed by atoms with Crippen LogP contribution in [0.5, 0.6) is 0 Å². The maximum atomic E-state index is 11.6. The molecule has 1 amide bonds. The topological polar surface area (TPSA) is 58.6 Å². The van der Waals surface area contributed by atoms with Gasteiger partial charge in [-0.05, 0) is 44.7 Å². The van der Waals surface area contributed by atoms with Crippen molar-refractivity contribution < 1.29 is 14.6 Å². The molecule has 0 aliphatic heterocycles. The number of carbonyl (C=O) groups is 1. The molecule has 2 N–H and O–H groups in total. The number of carbonyl (C=O) groups excluding carboxylic acids is 1. The van der Waals surface area contributed by atoms with Crippen LogP contribution in [0, 0.1) is 0 Å². The van der Waals surface area contributed by atoms with Gasteiger partial charge in [-0.1, -0.05) is 24.3 Å². The van der Waals surface area contributed by atoms with Crippen molar-refractivity contribution in [1.82, 2.24) is 5.32 Å². The Bertz CT molecular complexity index is 493. The molecule has 1 atom stereocenters. The number of aliphatic hydroxyl groups is 1. The highest BCUT2D eigenvalue weighted by Gasteiger charge is 2.32. The van der Waals surface area contributed by atoms with Crippen LogP contribution in [0.4, 0.5) is 4.79 Å². The summed E-state index contributed by atoms with van der Waals surface area (Å²) >= 11 is 0. The minimum absolute atomic E-state index is 0.218. The van der Waals surface area contributed by atoms with Crippen molar-refractivity contribution >= 4 is 6.09 Å². The number of benzene rings is 1. The van der Waals surface area contributed by atoms with Crippen LogP contribution < -0.4 is 5.32 Å². The van der Waals surface area contributed by atoms with E-state index < -0.39 is 17.3 Å². The average molecular weight is 277 g/mol. The summed E-state index contributed by atoms with van der Waals surface area (Å²) in [4.78, 5) is 11.6. The van der Waals surface area contributed by atoms with E-state index in [9.17, 15) is 9.90 Å². The number of rotatable bonds is 2. The van der Waals surface area contributed by atoms with E-state index in [2.05, 4.69) is 11.4 Å². The predicted octanol–water partition coefficient (Wildman–Crippen LogP) is 2.43. The quantitative estimate of drug-likeness (QED) is 0.873. The second-order valence-electron chi connectivity index (χ2n) is 6.53. The van der Waals surface area contributed by atoms with Crippen molar-refractivity contribution in [2.24, 2.45) is 0 Å². The zero-order valence-corrected chi connectivity index (χ0v) is 12.4. The molecule has 0 saturated carbocycles. The minimum Gasteiger partial charge on any atom is -0.444 e. The largest absolute Gasteiger partial charge is 0.444 e. The van der Waals surface area contributed by atoms with E-state index in [0.29, 0.717) is 12.8 Å². The molecule has 1 aliphatic carbocycles. The average Bonchev–Trinajstić information content (AvgIpc) is 2.34. The minimum atomic E-state index is -0.884. The number of fused-ring (bicyclic) bond motifs is 1. The third kappa shape index (κ3) is 3.97. The summed E-state index contributed by atoms with van der Waals surface area (Å²) < 4.78 is 5.18. The van der Waals surface area contributed by atoms with Gasteiger partial charge >= 0.3 is 6.09 Å². The van der Waals surface area contributed by atoms with Gasteiger partial charge in [0.25, 0.3) is 0 Å². The van der Waals surface area contributed by atoms with Crippen molar-refractivity contribution in [3.63, 3.8) is 0 Å². The zero-order valence-electron chi connectivity index (χ0n) is 12.4. The van der Waals surface area contributed by atoms with Crippen LogP contribution in [-0.2, 0) is 17.6 Å². The molecular formula is C16H23NO3. The first-order chi connectivity index (χ1) is 9.27. The van der Waals surface area contributed by atoms with E-state index in [4.69, 9.17) is 4.74 Å². The second kappa shape index (κ2) is 5.44. The van der Waals surface area contributed by atoms with Crippen LogP contribution in [0.1, 0.15) is 38.3 Å². The predicted molar refractivity (Wildman–Crippen MR) is 77.7 cm³/mol. The molecule has 1 unspecified atom stereocenters. The van der Waals surface area contributed by atoms with E-state index in [1.165, 1.54) is 5.56 Å². The van der Waals surface area contributed by atoms with Crippen molar-refractivity contribution in [2.45, 2.75) is 51.2 Å². The normalized spacial score (nSPS) is 22.0. The smallest absolute Gasteiger partial charge is 0.407 e. The maximum absolute atomic E-state index is 11.6. The Labute approximate surface area is 120 Å². The first-order valence-corrected chi connectivity index (χ1v) is 7.03. The SMILES string of the molecule is CC(C)(C)OC(=O)NCC1(O)CCc2ccccc2C1. The monoisotopic (exact) mass is 277 g/mol. The fourth-order valence-electron chi connectivity index (χ4n) is 2.49. The summed E-state index contributed by atoms with van der Waals surface area (Å²) in [7, 11) is 0. The molecule has 0 fully saturated rings. The van der Waals surface area contributed by atoms with Crippen molar-refractivity contribution in [2.75, 3.05) is 6.54 Å². The molecule has 0 spiro atoms. The molecule has 110 valence electrons. The molecule has 1 aliphatic rings. The molecule has 20 heavy (non-hydrogen) atoms. The highest BCUT2D eigenvalue weighted by atomic mass is 16.6. The van der Waals surface area contributed by atoms with Gasteiger partial charge in [-0.3, -0.25) is 0 Å². The van der Waals surface area contributed by atoms with Gasteiger partial charge in [0, 0.05) is 13.0 Å². The van der Waals surface area contributed by atoms with Gasteiger partial charge in [0.1, 0.15) is 5.60 Å². The third-order valence-corrected chi connectivity index (χ3v) is 3.46. The molecule has 0 bridgehead atoms. The first kappa shape index (κ1) is 14.9. The van der Waals surface area contributed by atoms with Crippen LogP contribution in [0.25, 0.3) is 0 Å². The second-order valence-corrected chi connectivity index (χ2v) is 6.53. The summed E-state index contributed by atoms with van der Waals surface area (Å²) in [6.07, 6.45) is 1.58. The Morgan fingerprint density at radius 3 is 2.65 bits per heavy atom. The highest BCUT2D eigenvalue weighted by molar-refractivity contribution is 5.67. The van der Waals surface area contributed by atoms with Gasteiger partial charge < -0.3 is 15.2 Å². The summed E-state index contributed by atoms with van der Waals surface area (Å²) in [5.41, 5.74) is 1.04. The molecule has 0 aromatic heterocycles.